The Kier molecular flexibility index (Phi) is 2.92. The van der Waals surface area contributed by atoms with Crippen LogP contribution in [0.15, 0.2) is 30.5 Å². The number of rotatable bonds is 4. The molecule has 0 unspecified atom stereocenters. The molecule has 0 aliphatic heterocycles. The number of hydrogen-bond donors (Lipinski definition) is 1. The molecule has 15 heavy (non-hydrogen) atoms. The molecule has 0 saturated heterocycles. The van der Waals surface area contributed by atoms with Crippen molar-refractivity contribution < 1.29 is 4.74 Å². The highest BCUT2D eigenvalue weighted by Gasteiger charge is 2.00. The lowest BCUT2D eigenvalue weighted by molar-refractivity contribution is 0.190. The molecule has 0 radical (unpaired) electrons. The van der Waals surface area contributed by atoms with Gasteiger partial charge in [-0.1, -0.05) is 6.07 Å². The van der Waals surface area contributed by atoms with E-state index in [2.05, 4.69) is 22.9 Å². The number of fused-ring (bicyclic) bond motifs is 1. The van der Waals surface area contributed by atoms with Crippen LogP contribution in [0.25, 0.3) is 10.9 Å². The van der Waals surface area contributed by atoms with Crippen molar-refractivity contribution in [2.45, 2.75) is 13.0 Å². The van der Waals surface area contributed by atoms with Gasteiger partial charge in [0.15, 0.2) is 0 Å². The molecular weight excluding hydrogens is 188 g/mol. The molecule has 2 aromatic rings. The Hall–Kier alpha value is -1.48. The molecule has 0 spiro atoms. The van der Waals surface area contributed by atoms with E-state index in [-0.39, 0.29) is 0 Å². The summed E-state index contributed by atoms with van der Waals surface area (Å²) in [5.41, 5.74) is 7.78. The predicted molar refractivity (Wildman–Crippen MR) is 62.8 cm³/mol. The maximum Gasteiger partial charge on any atom is 0.0500 e. The molecule has 0 aliphatic rings. The molecular formula is C12H16N2O. The average molecular weight is 204 g/mol. The van der Waals surface area contributed by atoms with Gasteiger partial charge in [-0.2, -0.15) is 0 Å². The van der Waals surface area contributed by atoms with Crippen LogP contribution in [0, 0.1) is 0 Å². The second-order valence-corrected chi connectivity index (χ2v) is 3.67. The third-order valence-corrected chi connectivity index (χ3v) is 2.55. The summed E-state index contributed by atoms with van der Waals surface area (Å²) in [6, 6.07) is 8.11. The third-order valence-electron chi connectivity index (χ3n) is 2.55. The zero-order valence-electron chi connectivity index (χ0n) is 8.94. The van der Waals surface area contributed by atoms with Crippen LogP contribution in [-0.4, -0.2) is 18.3 Å². The number of aryl methyl sites for hydroxylation is 1. The first-order chi connectivity index (χ1) is 7.31. The van der Waals surface area contributed by atoms with Gasteiger partial charge in [0.25, 0.3) is 0 Å². The van der Waals surface area contributed by atoms with Crippen molar-refractivity contribution in [3.63, 3.8) is 0 Å². The van der Waals surface area contributed by atoms with E-state index in [0.29, 0.717) is 0 Å². The van der Waals surface area contributed by atoms with Gasteiger partial charge in [0.2, 0.25) is 0 Å². The van der Waals surface area contributed by atoms with Crippen LogP contribution in [0.5, 0.6) is 0 Å². The summed E-state index contributed by atoms with van der Waals surface area (Å²) in [5, 5.41) is 1.24. The van der Waals surface area contributed by atoms with Crippen LogP contribution in [0.4, 0.5) is 5.69 Å². The lowest BCUT2D eigenvalue weighted by Gasteiger charge is -2.05. The van der Waals surface area contributed by atoms with E-state index in [9.17, 15) is 0 Å². The van der Waals surface area contributed by atoms with E-state index >= 15 is 0 Å². The van der Waals surface area contributed by atoms with Crippen LogP contribution in [-0.2, 0) is 11.3 Å². The molecule has 0 amide bonds. The van der Waals surface area contributed by atoms with Crippen molar-refractivity contribution in [3.05, 3.63) is 30.5 Å². The maximum absolute atomic E-state index is 5.77. The number of anilines is 1. The summed E-state index contributed by atoms with van der Waals surface area (Å²) < 4.78 is 7.25. The van der Waals surface area contributed by atoms with Crippen molar-refractivity contribution >= 4 is 16.6 Å². The molecule has 0 aliphatic carbocycles. The standard InChI is InChI=1S/C12H16N2O/c1-15-8-2-6-14-7-5-10-3-4-11(13)9-12(10)14/h3-5,7,9H,2,6,8,13H2,1H3. The molecule has 3 nitrogen and oxygen atoms in total. The molecule has 0 bridgehead atoms. The molecule has 3 heteroatoms. The van der Waals surface area contributed by atoms with Gasteiger partial charge in [-0.05, 0) is 30.0 Å². The zero-order valence-corrected chi connectivity index (χ0v) is 8.94. The van der Waals surface area contributed by atoms with Gasteiger partial charge in [-0.15, -0.1) is 0 Å². The Morgan fingerprint density at radius 1 is 1.33 bits per heavy atom. The van der Waals surface area contributed by atoms with Crippen molar-refractivity contribution in [1.29, 1.82) is 0 Å². The lowest BCUT2D eigenvalue weighted by atomic mass is 10.2. The molecule has 2 N–H and O–H groups in total. The molecule has 0 saturated carbocycles. The Morgan fingerprint density at radius 3 is 3.00 bits per heavy atom. The fourth-order valence-electron chi connectivity index (χ4n) is 1.78. The first-order valence-corrected chi connectivity index (χ1v) is 5.14. The quantitative estimate of drug-likeness (QED) is 0.613. The van der Waals surface area contributed by atoms with Gasteiger partial charge in [-0.3, -0.25) is 0 Å². The van der Waals surface area contributed by atoms with E-state index < -0.39 is 0 Å². The van der Waals surface area contributed by atoms with Gasteiger partial charge in [0.1, 0.15) is 0 Å². The van der Waals surface area contributed by atoms with Gasteiger partial charge in [0, 0.05) is 32.1 Å². The van der Waals surface area contributed by atoms with Crippen molar-refractivity contribution in [2.75, 3.05) is 19.5 Å². The number of hydrogen-bond acceptors (Lipinski definition) is 2. The predicted octanol–water partition coefficient (Wildman–Crippen LogP) is 2.26. The van der Waals surface area contributed by atoms with E-state index in [1.54, 1.807) is 7.11 Å². The van der Waals surface area contributed by atoms with E-state index in [1.807, 2.05) is 12.1 Å². The summed E-state index contributed by atoms with van der Waals surface area (Å²) in [7, 11) is 1.73. The Morgan fingerprint density at radius 2 is 2.20 bits per heavy atom. The Balaban J connectivity index is 2.23. The van der Waals surface area contributed by atoms with Gasteiger partial charge in [-0.25, -0.2) is 0 Å². The summed E-state index contributed by atoms with van der Waals surface area (Å²) in [4.78, 5) is 0. The van der Waals surface area contributed by atoms with E-state index in [1.165, 1.54) is 10.9 Å². The van der Waals surface area contributed by atoms with Crippen molar-refractivity contribution in [3.8, 4) is 0 Å². The highest BCUT2D eigenvalue weighted by molar-refractivity contribution is 5.83. The smallest absolute Gasteiger partial charge is 0.0500 e. The second-order valence-electron chi connectivity index (χ2n) is 3.67. The largest absolute Gasteiger partial charge is 0.399 e. The highest BCUT2D eigenvalue weighted by Crippen LogP contribution is 2.18. The summed E-state index contributed by atoms with van der Waals surface area (Å²) in [6.07, 6.45) is 3.12. The fraction of sp³-hybridized carbons (Fsp3) is 0.333. The number of methoxy groups -OCH3 is 1. The third kappa shape index (κ3) is 2.13. The van der Waals surface area contributed by atoms with Crippen molar-refractivity contribution in [1.82, 2.24) is 4.57 Å². The monoisotopic (exact) mass is 204 g/mol. The second kappa shape index (κ2) is 4.36. The Labute approximate surface area is 89.4 Å². The minimum atomic E-state index is 0.794. The average Bonchev–Trinajstić information content (AvgIpc) is 2.62. The molecule has 1 aromatic heterocycles. The molecule has 1 aromatic carbocycles. The number of nitrogen functional groups attached to an aromatic ring is 1. The van der Waals surface area contributed by atoms with E-state index in [4.69, 9.17) is 10.5 Å². The van der Waals surface area contributed by atoms with Crippen LogP contribution < -0.4 is 5.73 Å². The highest BCUT2D eigenvalue weighted by atomic mass is 16.5. The number of benzene rings is 1. The summed E-state index contributed by atoms with van der Waals surface area (Å²) in [6.45, 7) is 1.77. The SMILES string of the molecule is COCCCn1ccc2ccc(N)cc21. The van der Waals surface area contributed by atoms with Gasteiger partial charge >= 0.3 is 0 Å². The van der Waals surface area contributed by atoms with Crippen LogP contribution in [0.1, 0.15) is 6.42 Å². The summed E-state index contributed by atoms with van der Waals surface area (Å²) >= 11 is 0. The number of nitrogens with zero attached hydrogens (tertiary/aromatic N) is 1. The number of aromatic nitrogens is 1. The minimum Gasteiger partial charge on any atom is -0.399 e. The van der Waals surface area contributed by atoms with Gasteiger partial charge in [0.05, 0.1) is 5.52 Å². The fourth-order valence-corrected chi connectivity index (χ4v) is 1.78. The first-order valence-electron chi connectivity index (χ1n) is 5.14. The molecule has 1 heterocycles. The topological polar surface area (TPSA) is 40.2 Å². The summed E-state index contributed by atoms with van der Waals surface area (Å²) in [5.74, 6) is 0. The van der Waals surface area contributed by atoms with Crippen LogP contribution in [0.2, 0.25) is 0 Å². The molecule has 80 valence electrons. The van der Waals surface area contributed by atoms with Gasteiger partial charge < -0.3 is 15.0 Å². The lowest BCUT2D eigenvalue weighted by Crippen LogP contribution is -2.00. The normalized spacial score (nSPS) is 11.0. The van der Waals surface area contributed by atoms with E-state index in [0.717, 1.165) is 25.3 Å². The molecule has 0 atom stereocenters. The molecule has 2 rings (SSSR count). The van der Waals surface area contributed by atoms with Crippen LogP contribution >= 0.6 is 0 Å². The Bertz CT molecular complexity index is 448. The number of ether oxygens (including phenoxy) is 1. The number of nitrogens with two attached hydrogens (primary N) is 1. The maximum atomic E-state index is 5.77. The van der Waals surface area contributed by atoms with Crippen LogP contribution in [0.3, 0.4) is 0 Å². The first kappa shape index (κ1) is 10.1. The molecule has 0 fully saturated rings. The zero-order chi connectivity index (χ0) is 10.7. The van der Waals surface area contributed by atoms with Crippen molar-refractivity contribution in [2.24, 2.45) is 0 Å². The minimum absolute atomic E-state index is 0.794.